The Balaban J connectivity index is 1.43. The van der Waals surface area contributed by atoms with E-state index in [-0.39, 0.29) is 11.8 Å². The monoisotopic (exact) mass is 391 g/mol. The number of hydrogen-bond acceptors (Lipinski definition) is 5. The van der Waals surface area contributed by atoms with Gasteiger partial charge in [-0.2, -0.15) is 0 Å². The number of carbonyl (C=O) groups excluding carboxylic acids is 1. The first-order chi connectivity index (χ1) is 14.0. The van der Waals surface area contributed by atoms with Crippen molar-refractivity contribution in [3.05, 3.63) is 60.0 Å². The van der Waals surface area contributed by atoms with Crippen molar-refractivity contribution in [3.63, 3.8) is 0 Å². The lowest BCUT2D eigenvalue weighted by atomic mass is 9.98. The summed E-state index contributed by atoms with van der Waals surface area (Å²) >= 11 is 0. The summed E-state index contributed by atoms with van der Waals surface area (Å²) < 4.78 is 7.91. The lowest BCUT2D eigenvalue weighted by Gasteiger charge is -2.33. The van der Waals surface area contributed by atoms with Gasteiger partial charge in [-0.3, -0.25) is 4.79 Å². The molecule has 0 spiro atoms. The summed E-state index contributed by atoms with van der Waals surface area (Å²) in [5, 5.41) is 7.95. The Morgan fingerprint density at radius 2 is 2.21 bits per heavy atom. The number of carbonyl (C=O) groups is 1. The highest BCUT2D eigenvalue weighted by atomic mass is 16.5. The number of fused-ring (bicyclic) bond motifs is 1. The van der Waals surface area contributed by atoms with Crippen molar-refractivity contribution in [2.45, 2.75) is 19.8 Å². The fourth-order valence-corrected chi connectivity index (χ4v) is 3.89. The number of pyridine rings is 1. The molecular weight excluding hydrogens is 366 g/mol. The molecule has 3 heterocycles. The highest BCUT2D eigenvalue weighted by Gasteiger charge is 2.25. The molecule has 29 heavy (non-hydrogen) atoms. The summed E-state index contributed by atoms with van der Waals surface area (Å²) in [6.45, 7) is 3.60. The molecule has 1 fully saturated rings. The summed E-state index contributed by atoms with van der Waals surface area (Å²) in [6.07, 6.45) is 7.39. The number of rotatable bonds is 5. The second-order valence-electron chi connectivity index (χ2n) is 7.52. The van der Waals surface area contributed by atoms with Crippen LogP contribution in [0.4, 0.5) is 5.69 Å². The van der Waals surface area contributed by atoms with Crippen molar-refractivity contribution in [3.8, 4) is 5.75 Å². The number of amides is 1. The lowest BCUT2D eigenvalue weighted by Crippen LogP contribution is -2.41. The van der Waals surface area contributed by atoms with Gasteiger partial charge in [-0.25, -0.2) is 4.98 Å². The second kappa shape index (κ2) is 7.95. The molecule has 7 nitrogen and oxygen atoms in total. The number of ether oxygens (including phenoxy) is 1. The van der Waals surface area contributed by atoms with Crippen LogP contribution in [-0.4, -0.2) is 45.6 Å². The molecular formula is C22H25N5O2. The summed E-state index contributed by atoms with van der Waals surface area (Å²) in [5.74, 6) is 0.897. The van der Waals surface area contributed by atoms with E-state index in [9.17, 15) is 4.79 Å². The topological polar surface area (TPSA) is 96.7 Å². The van der Waals surface area contributed by atoms with Crippen LogP contribution in [0, 0.1) is 11.3 Å². The molecule has 7 heteroatoms. The number of piperidine rings is 1. The normalized spacial score (nSPS) is 16.7. The molecule has 2 aromatic heterocycles. The molecule has 1 aromatic carbocycles. The van der Waals surface area contributed by atoms with E-state index in [1.807, 2.05) is 46.0 Å². The van der Waals surface area contributed by atoms with Gasteiger partial charge in [-0.15, -0.1) is 0 Å². The summed E-state index contributed by atoms with van der Waals surface area (Å²) in [4.78, 5) is 19.1. The maximum atomic E-state index is 13.0. The Bertz CT molecular complexity index is 1060. The molecule has 1 aliphatic heterocycles. The molecule has 150 valence electrons. The zero-order valence-electron chi connectivity index (χ0n) is 16.5. The first-order valence-corrected chi connectivity index (χ1v) is 9.81. The molecule has 1 unspecified atom stereocenters. The van der Waals surface area contributed by atoms with Crippen LogP contribution in [0.15, 0.2) is 48.9 Å². The predicted octanol–water partition coefficient (Wildman–Crippen LogP) is 3.24. The minimum atomic E-state index is 0.0279. The molecule has 1 amide bonds. The van der Waals surface area contributed by atoms with E-state index in [1.54, 1.807) is 19.2 Å². The van der Waals surface area contributed by atoms with Crippen LogP contribution >= 0.6 is 0 Å². The Morgan fingerprint density at radius 3 is 3.03 bits per heavy atom. The van der Waals surface area contributed by atoms with Crippen molar-refractivity contribution >= 4 is 23.0 Å². The third-order valence-corrected chi connectivity index (χ3v) is 5.36. The molecule has 0 aliphatic carbocycles. The summed E-state index contributed by atoms with van der Waals surface area (Å²) in [7, 11) is 0. The van der Waals surface area contributed by atoms with Crippen LogP contribution in [-0.2, 0) is 0 Å². The summed E-state index contributed by atoms with van der Waals surface area (Å²) in [6, 6.07) is 9.12. The molecule has 3 N–H and O–H groups in total. The van der Waals surface area contributed by atoms with Gasteiger partial charge in [0, 0.05) is 54.6 Å². The van der Waals surface area contributed by atoms with Crippen LogP contribution < -0.4 is 10.5 Å². The van der Waals surface area contributed by atoms with Crippen LogP contribution in [0.1, 0.15) is 35.7 Å². The molecule has 0 saturated carbocycles. The van der Waals surface area contributed by atoms with E-state index >= 15 is 0 Å². The molecule has 1 aliphatic rings. The number of nitrogens with one attached hydrogen (secondary N) is 1. The molecule has 1 atom stereocenters. The van der Waals surface area contributed by atoms with Crippen molar-refractivity contribution in [2.24, 2.45) is 5.92 Å². The van der Waals surface area contributed by atoms with E-state index < -0.39 is 0 Å². The number of nitrogens with two attached hydrogens (primary N) is 1. The van der Waals surface area contributed by atoms with E-state index in [0.717, 1.165) is 25.0 Å². The maximum Gasteiger partial charge on any atom is 0.254 e. The van der Waals surface area contributed by atoms with Gasteiger partial charge in [-0.05, 0) is 44.0 Å². The van der Waals surface area contributed by atoms with E-state index in [0.29, 0.717) is 41.4 Å². The van der Waals surface area contributed by atoms with Gasteiger partial charge in [0.05, 0.1) is 12.2 Å². The number of anilines is 1. The minimum Gasteiger partial charge on any atom is -0.492 e. The number of nitrogen functional groups attached to an aromatic ring is 1. The van der Waals surface area contributed by atoms with Crippen LogP contribution in [0.25, 0.3) is 5.65 Å². The first kappa shape index (κ1) is 19.0. The van der Waals surface area contributed by atoms with Gasteiger partial charge in [0.2, 0.25) is 0 Å². The minimum absolute atomic E-state index is 0.0279. The van der Waals surface area contributed by atoms with Crippen LogP contribution in [0.5, 0.6) is 5.75 Å². The zero-order chi connectivity index (χ0) is 20.4. The van der Waals surface area contributed by atoms with Crippen LogP contribution in [0.3, 0.4) is 0 Å². The van der Waals surface area contributed by atoms with Crippen molar-refractivity contribution < 1.29 is 9.53 Å². The Morgan fingerprint density at radius 1 is 1.34 bits per heavy atom. The Labute approximate surface area is 169 Å². The average Bonchev–Trinajstić information content (AvgIpc) is 3.19. The Kier molecular flexibility index (Phi) is 5.20. The maximum absolute atomic E-state index is 13.0. The number of imidazole rings is 1. The number of likely N-dealkylation sites (tertiary alicyclic amines) is 1. The summed E-state index contributed by atoms with van der Waals surface area (Å²) in [5.41, 5.74) is 9.00. The van der Waals surface area contributed by atoms with Crippen LogP contribution in [0.2, 0.25) is 0 Å². The number of nitrogens with zero attached hydrogens (tertiary/aromatic N) is 3. The van der Waals surface area contributed by atoms with Gasteiger partial charge in [0.1, 0.15) is 11.4 Å². The third-order valence-electron chi connectivity index (χ3n) is 5.36. The fourth-order valence-electron chi connectivity index (χ4n) is 3.89. The van der Waals surface area contributed by atoms with Gasteiger partial charge >= 0.3 is 0 Å². The molecule has 3 aromatic rings. The van der Waals surface area contributed by atoms with E-state index in [1.165, 1.54) is 0 Å². The third kappa shape index (κ3) is 3.94. The molecule has 0 radical (unpaired) electrons. The van der Waals surface area contributed by atoms with E-state index in [4.69, 9.17) is 15.9 Å². The van der Waals surface area contributed by atoms with Gasteiger partial charge in [0.15, 0.2) is 0 Å². The largest absolute Gasteiger partial charge is 0.492 e. The standard InChI is InChI=1S/C22H25N5O2/c1-15(23)21-18(24)5-2-6-19(21)29-14-16-4-3-9-27(13-16)22(28)17-7-10-26-11-8-25-20(26)12-17/h2,5-8,10-12,16,23H,3-4,9,13-14,24H2,1H3. The number of benzene rings is 1. The fraction of sp³-hybridized carbons (Fsp3) is 0.318. The SMILES string of the molecule is CC(=N)c1c(N)cccc1OCC1CCCN(C(=O)c2ccn3ccnc3c2)C1. The highest BCUT2D eigenvalue weighted by Crippen LogP contribution is 2.27. The van der Waals surface area contributed by atoms with Gasteiger partial charge < -0.3 is 25.2 Å². The molecule has 0 bridgehead atoms. The highest BCUT2D eigenvalue weighted by molar-refractivity contribution is 6.03. The van der Waals surface area contributed by atoms with Crippen molar-refractivity contribution in [2.75, 3.05) is 25.4 Å². The second-order valence-corrected chi connectivity index (χ2v) is 7.52. The first-order valence-electron chi connectivity index (χ1n) is 9.81. The van der Waals surface area contributed by atoms with Crippen molar-refractivity contribution in [1.29, 1.82) is 5.41 Å². The van der Waals surface area contributed by atoms with E-state index in [2.05, 4.69) is 4.98 Å². The van der Waals surface area contributed by atoms with Gasteiger partial charge in [0.25, 0.3) is 5.91 Å². The molecule has 4 rings (SSSR count). The quantitative estimate of drug-likeness (QED) is 0.515. The lowest BCUT2D eigenvalue weighted by molar-refractivity contribution is 0.0633. The van der Waals surface area contributed by atoms with Crippen molar-refractivity contribution in [1.82, 2.24) is 14.3 Å². The smallest absolute Gasteiger partial charge is 0.254 e. The molecule has 1 saturated heterocycles. The number of aromatic nitrogens is 2. The predicted molar refractivity (Wildman–Crippen MR) is 113 cm³/mol. The Hall–Kier alpha value is -3.35. The zero-order valence-corrected chi connectivity index (χ0v) is 16.5. The average molecular weight is 391 g/mol. The van der Waals surface area contributed by atoms with Gasteiger partial charge in [-0.1, -0.05) is 6.07 Å². The number of hydrogen-bond donors (Lipinski definition) is 2.